The molecule has 1 fully saturated rings. The first-order chi connectivity index (χ1) is 11.0. The van der Waals surface area contributed by atoms with Gasteiger partial charge in [-0.2, -0.15) is 0 Å². The maximum absolute atomic E-state index is 12.9. The fourth-order valence-electron chi connectivity index (χ4n) is 3.20. The summed E-state index contributed by atoms with van der Waals surface area (Å²) in [5.41, 5.74) is 1.24. The Kier molecular flexibility index (Phi) is 5.77. The van der Waals surface area contributed by atoms with E-state index >= 15 is 0 Å². The zero-order valence-corrected chi connectivity index (χ0v) is 13.9. The number of aromatic carboxylic acids is 1. The summed E-state index contributed by atoms with van der Waals surface area (Å²) in [4.78, 5) is 24.0. The number of rotatable bonds is 7. The van der Waals surface area contributed by atoms with Gasteiger partial charge in [0.15, 0.2) is 0 Å². The van der Waals surface area contributed by atoms with Crippen LogP contribution < -0.4 is 5.32 Å². The van der Waals surface area contributed by atoms with E-state index in [1.807, 2.05) is 13.8 Å². The van der Waals surface area contributed by atoms with Gasteiger partial charge >= 0.3 is 5.97 Å². The van der Waals surface area contributed by atoms with E-state index < -0.39 is 5.97 Å². The lowest BCUT2D eigenvalue weighted by molar-refractivity contribution is -0.126. The number of anilines is 1. The van der Waals surface area contributed by atoms with Crippen LogP contribution in [-0.2, 0) is 9.53 Å². The molecule has 0 atom stereocenters. The molecular formula is C18H25NO4. The third-order valence-corrected chi connectivity index (χ3v) is 4.70. The molecule has 1 aliphatic carbocycles. The first kappa shape index (κ1) is 17.5. The fraction of sp³-hybridized carbons (Fsp3) is 0.556. The Morgan fingerprint density at radius 3 is 2.61 bits per heavy atom. The first-order valence-corrected chi connectivity index (χ1v) is 8.22. The Morgan fingerprint density at radius 1 is 1.30 bits per heavy atom. The number of carboxylic acid groups (broad SMARTS) is 1. The molecule has 0 unspecified atom stereocenters. The van der Waals surface area contributed by atoms with E-state index in [0.29, 0.717) is 25.3 Å². The molecule has 0 aliphatic heterocycles. The molecule has 0 saturated heterocycles. The quantitative estimate of drug-likeness (QED) is 0.753. The van der Waals surface area contributed by atoms with Crippen molar-refractivity contribution in [1.29, 1.82) is 0 Å². The van der Waals surface area contributed by atoms with Gasteiger partial charge in [0.05, 0.1) is 11.0 Å². The lowest BCUT2D eigenvalue weighted by atomic mass is 9.81. The van der Waals surface area contributed by atoms with Crippen LogP contribution in [0.15, 0.2) is 18.2 Å². The van der Waals surface area contributed by atoms with Gasteiger partial charge < -0.3 is 15.2 Å². The van der Waals surface area contributed by atoms with E-state index in [9.17, 15) is 9.59 Å². The summed E-state index contributed by atoms with van der Waals surface area (Å²) in [6, 6.07) is 4.80. The average Bonchev–Trinajstić information content (AvgIpc) is 2.99. The van der Waals surface area contributed by atoms with Gasteiger partial charge in [-0.05, 0) is 50.8 Å². The van der Waals surface area contributed by atoms with Crippen LogP contribution in [0.5, 0.6) is 0 Å². The van der Waals surface area contributed by atoms with Crippen LogP contribution in [-0.4, -0.2) is 30.2 Å². The van der Waals surface area contributed by atoms with E-state index in [2.05, 4.69) is 5.32 Å². The minimum Gasteiger partial charge on any atom is -0.478 e. The number of amides is 1. The fourth-order valence-corrected chi connectivity index (χ4v) is 3.20. The Hall–Kier alpha value is -1.88. The predicted octanol–water partition coefficient (Wildman–Crippen LogP) is 3.62. The van der Waals surface area contributed by atoms with Crippen molar-refractivity contribution in [2.45, 2.75) is 46.0 Å². The van der Waals surface area contributed by atoms with E-state index in [1.54, 1.807) is 12.1 Å². The Bertz CT molecular complexity index is 576. The molecule has 0 aromatic heterocycles. The Balaban J connectivity index is 2.15. The van der Waals surface area contributed by atoms with Crippen molar-refractivity contribution in [3.63, 3.8) is 0 Å². The highest BCUT2D eigenvalue weighted by atomic mass is 16.5. The molecule has 23 heavy (non-hydrogen) atoms. The van der Waals surface area contributed by atoms with Crippen LogP contribution in [0, 0.1) is 12.3 Å². The zero-order chi connectivity index (χ0) is 16.9. The lowest BCUT2D eigenvalue weighted by Gasteiger charge is -2.28. The monoisotopic (exact) mass is 319 g/mol. The maximum atomic E-state index is 12.9. The van der Waals surface area contributed by atoms with Gasteiger partial charge in [-0.15, -0.1) is 0 Å². The summed E-state index contributed by atoms with van der Waals surface area (Å²) in [6.45, 7) is 5.04. The molecule has 0 spiro atoms. The highest BCUT2D eigenvalue weighted by Gasteiger charge is 2.40. The summed E-state index contributed by atoms with van der Waals surface area (Å²) >= 11 is 0. The largest absolute Gasteiger partial charge is 0.478 e. The highest BCUT2D eigenvalue weighted by Crippen LogP contribution is 2.42. The number of carboxylic acids is 1. The number of hydrogen-bond acceptors (Lipinski definition) is 3. The number of ether oxygens (including phenoxy) is 1. The SMILES string of the molecule is CCOCCC1(C(=O)Nc2cc(C(=O)O)ccc2C)CCCC1. The summed E-state index contributed by atoms with van der Waals surface area (Å²) in [5.74, 6) is -1.01. The van der Waals surface area contributed by atoms with Crippen molar-refractivity contribution >= 4 is 17.6 Å². The minimum absolute atomic E-state index is 0.0136. The molecule has 0 heterocycles. The molecule has 2 N–H and O–H groups in total. The smallest absolute Gasteiger partial charge is 0.335 e. The molecule has 5 heteroatoms. The molecule has 1 aliphatic rings. The molecular weight excluding hydrogens is 294 g/mol. The Labute approximate surface area is 137 Å². The summed E-state index contributed by atoms with van der Waals surface area (Å²) in [6.07, 6.45) is 4.54. The predicted molar refractivity (Wildman–Crippen MR) is 88.8 cm³/mol. The van der Waals surface area contributed by atoms with Gasteiger partial charge in [-0.25, -0.2) is 4.79 Å². The van der Waals surface area contributed by atoms with Gasteiger partial charge in [0, 0.05) is 18.9 Å². The molecule has 1 saturated carbocycles. The number of hydrogen-bond donors (Lipinski definition) is 2. The second kappa shape index (κ2) is 7.59. The van der Waals surface area contributed by atoms with Gasteiger partial charge in [0.25, 0.3) is 0 Å². The van der Waals surface area contributed by atoms with E-state index in [1.165, 1.54) is 6.07 Å². The number of carbonyl (C=O) groups is 2. The molecule has 1 amide bonds. The summed E-state index contributed by atoms with van der Waals surface area (Å²) in [7, 11) is 0. The molecule has 1 aromatic rings. The van der Waals surface area contributed by atoms with Crippen molar-refractivity contribution in [3.05, 3.63) is 29.3 Å². The third kappa shape index (κ3) is 4.10. The van der Waals surface area contributed by atoms with Gasteiger partial charge in [0.2, 0.25) is 5.91 Å². The van der Waals surface area contributed by atoms with Crippen LogP contribution in [0.2, 0.25) is 0 Å². The third-order valence-electron chi connectivity index (χ3n) is 4.70. The maximum Gasteiger partial charge on any atom is 0.335 e. The second-order valence-corrected chi connectivity index (χ2v) is 6.22. The van der Waals surface area contributed by atoms with Crippen LogP contribution in [0.25, 0.3) is 0 Å². The van der Waals surface area contributed by atoms with Crippen LogP contribution >= 0.6 is 0 Å². The number of nitrogens with one attached hydrogen (secondary N) is 1. The normalized spacial score (nSPS) is 16.3. The highest BCUT2D eigenvalue weighted by molar-refractivity contribution is 5.97. The summed E-state index contributed by atoms with van der Waals surface area (Å²) < 4.78 is 5.44. The lowest BCUT2D eigenvalue weighted by Crippen LogP contribution is -2.35. The first-order valence-electron chi connectivity index (χ1n) is 8.22. The van der Waals surface area contributed by atoms with E-state index in [4.69, 9.17) is 9.84 Å². The molecule has 2 rings (SSSR count). The second-order valence-electron chi connectivity index (χ2n) is 6.22. The van der Waals surface area contributed by atoms with Crippen molar-refractivity contribution in [2.75, 3.05) is 18.5 Å². The van der Waals surface area contributed by atoms with Gasteiger partial charge in [-0.3, -0.25) is 4.79 Å². The van der Waals surface area contributed by atoms with E-state index in [0.717, 1.165) is 31.2 Å². The van der Waals surface area contributed by atoms with Crippen molar-refractivity contribution < 1.29 is 19.4 Å². The average molecular weight is 319 g/mol. The molecule has 5 nitrogen and oxygen atoms in total. The molecule has 0 radical (unpaired) electrons. The zero-order valence-electron chi connectivity index (χ0n) is 13.9. The van der Waals surface area contributed by atoms with E-state index in [-0.39, 0.29) is 16.9 Å². The van der Waals surface area contributed by atoms with Crippen molar-refractivity contribution in [1.82, 2.24) is 0 Å². The molecule has 1 aromatic carbocycles. The molecule has 126 valence electrons. The van der Waals surface area contributed by atoms with Crippen LogP contribution in [0.4, 0.5) is 5.69 Å². The minimum atomic E-state index is -0.993. The summed E-state index contributed by atoms with van der Waals surface area (Å²) in [5, 5.41) is 12.1. The topological polar surface area (TPSA) is 75.6 Å². The van der Waals surface area contributed by atoms with Crippen molar-refractivity contribution in [2.24, 2.45) is 5.41 Å². The van der Waals surface area contributed by atoms with Crippen LogP contribution in [0.1, 0.15) is 54.9 Å². The number of carbonyl (C=O) groups excluding carboxylic acids is 1. The van der Waals surface area contributed by atoms with Gasteiger partial charge in [0.1, 0.15) is 0 Å². The Morgan fingerprint density at radius 2 is 2.00 bits per heavy atom. The number of benzene rings is 1. The number of aryl methyl sites for hydroxylation is 1. The van der Waals surface area contributed by atoms with Crippen molar-refractivity contribution in [3.8, 4) is 0 Å². The van der Waals surface area contributed by atoms with Crippen LogP contribution in [0.3, 0.4) is 0 Å². The standard InChI is InChI=1S/C18H25NO4/c1-3-23-11-10-18(8-4-5-9-18)17(22)19-15-12-14(16(20)21)7-6-13(15)2/h6-7,12H,3-5,8-11H2,1-2H3,(H,19,22)(H,20,21). The molecule has 0 bridgehead atoms. The van der Waals surface area contributed by atoms with Gasteiger partial charge in [-0.1, -0.05) is 18.9 Å².